The predicted molar refractivity (Wildman–Crippen MR) is 52.3 cm³/mol. The highest BCUT2D eigenvalue weighted by Gasteiger charge is 2.33. The van der Waals surface area contributed by atoms with E-state index < -0.39 is 0 Å². The van der Waals surface area contributed by atoms with E-state index in [1.807, 2.05) is 6.08 Å². The highest BCUT2D eigenvalue weighted by molar-refractivity contribution is 5.79. The van der Waals surface area contributed by atoms with Gasteiger partial charge in [-0.2, -0.15) is 0 Å². The van der Waals surface area contributed by atoms with Crippen LogP contribution in [0.15, 0.2) is 12.7 Å². The number of rotatable bonds is 2. The van der Waals surface area contributed by atoms with E-state index in [4.69, 9.17) is 0 Å². The molecule has 0 aromatic heterocycles. The van der Waals surface area contributed by atoms with Gasteiger partial charge in [-0.05, 0) is 12.8 Å². The molecule has 0 aromatic carbocycles. The molecule has 0 spiro atoms. The van der Waals surface area contributed by atoms with Crippen molar-refractivity contribution < 1.29 is 4.79 Å². The van der Waals surface area contributed by atoms with E-state index in [1.165, 1.54) is 25.7 Å². The second-order valence-corrected chi connectivity index (χ2v) is 4.18. The summed E-state index contributed by atoms with van der Waals surface area (Å²) in [6, 6.07) is 0.553. The lowest BCUT2D eigenvalue weighted by Crippen LogP contribution is -2.34. The molecular formula is C11H17NO. The fraction of sp³-hybridized carbons (Fsp3) is 0.727. The Balaban J connectivity index is 1.99. The first kappa shape index (κ1) is 8.79. The van der Waals surface area contributed by atoms with Crippen LogP contribution in [0.4, 0.5) is 0 Å². The molecular weight excluding hydrogens is 162 g/mol. The average Bonchev–Trinajstić information content (AvgIpc) is 2.72. The van der Waals surface area contributed by atoms with Crippen molar-refractivity contribution in [1.82, 2.24) is 4.90 Å². The van der Waals surface area contributed by atoms with Crippen molar-refractivity contribution in [2.24, 2.45) is 5.92 Å². The normalized spacial score (nSPS) is 30.0. The van der Waals surface area contributed by atoms with E-state index in [2.05, 4.69) is 11.5 Å². The van der Waals surface area contributed by atoms with Gasteiger partial charge in [-0.15, -0.1) is 6.58 Å². The minimum atomic E-state index is 0.344. The first-order valence-corrected chi connectivity index (χ1v) is 5.23. The zero-order valence-corrected chi connectivity index (χ0v) is 8.04. The van der Waals surface area contributed by atoms with E-state index >= 15 is 0 Å². The number of hydrogen-bond acceptors (Lipinski definition) is 1. The highest BCUT2D eigenvalue weighted by atomic mass is 16.2. The molecule has 2 rings (SSSR count). The molecule has 0 radical (unpaired) electrons. The number of carbonyl (C=O) groups is 1. The fourth-order valence-corrected chi connectivity index (χ4v) is 2.49. The average molecular weight is 179 g/mol. The number of amides is 1. The van der Waals surface area contributed by atoms with E-state index in [1.54, 1.807) is 0 Å². The van der Waals surface area contributed by atoms with Crippen LogP contribution in [0.2, 0.25) is 0 Å². The lowest BCUT2D eigenvalue weighted by molar-refractivity contribution is -0.129. The van der Waals surface area contributed by atoms with Crippen LogP contribution in [-0.4, -0.2) is 23.4 Å². The Morgan fingerprint density at radius 2 is 2.08 bits per heavy atom. The molecule has 0 bridgehead atoms. The third-order valence-corrected chi connectivity index (χ3v) is 3.29. The van der Waals surface area contributed by atoms with Crippen LogP contribution in [0.25, 0.3) is 0 Å². The van der Waals surface area contributed by atoms with Crippen molar-refractivity contribution in [2.45, 2.75) is 38.1 Å². The molecule has 1 aliphatic heterocycles. The van der Waals surface area contributed by atoms with Crippen molar-refractivity contribution >= 4 is 5.91 Å². The van der Waals surface area contributed by atoms with Crippen molar-refractivity contribution in [3.63, 3.8) is 0 Å². The zero-order chi connectivity index (χ0) is 9.26. The van der Waals surface area contributed by atoms with Crippen LogP contribution in [0, 0.1) is 5.92 Å². The number of hydrogen-bond donors (Lipinski definition) is 0. The van der Waals surface area contributed by atoms with Crippen molar-refractivity contribution in [3.05, 3.63) is 12.7 Å². The van der Waals surface area contributed by atoms with Gasteiger partial charge in [-0.3, -0.25) is 4.79 Å². The van der Waals surface area contributed by atoms with Crippen LogP contribution in [0.5, 0.6) is 0 Å². The molecule has 1 saturated carbocycles. The Bertz CT molecular complexity index is 218. The highest BCUT2D eigenvalue weighted by Crippen LogP contribution is 2.29. The quantitative estimate of drug-likeness (QED) is 0.593. The Labute approximate surface area is 79.6 Å². The molecule has 13 heavy (non-hydrogen) atoms. The maximum Gasteiger partial charge on any atom is 0.223 e. The van der Waals surface area contributed by atoms with Gasteiger partial charge in [0.15, 0.2) is 0 Å². The standard InChI is InChI=1S/C11H17NO/c1-2-9-7-11(13)12(8-9)10-5-3-4-6-10/h2,9-10H,1,3-8H2. The van der Waals surface area contributed by atoms with E-state index in [0.717, 1.165) is 6.54 Å². The molecule has 0 aromatic rings. The van der Waals surface area contributed by atoms with Gasteiger partial charge >= 0.3 is 0 Å². The molecule has 2 fully saturated rings. The summed E-state index contributed by atoms with van der Waals surface area (Å²) in [5.41, 5.74) is 0. The molecule has 72 valence electrons. The molecule has 1 aliphatic carbocycles. The second-order valence-electron chi connectivity index (χ2n) is 4.18. The largest absolute Gasteiger partial charge is 0.339 e. The third-order valence-electron chi connectivity index (χ3n) is 3.29. The minimum absolute atomic E-state index is 0.344. The summed E-state index contributed by atoms with van der Waals surface area (Å²) in [5.74, 6) is 0.755. The van der Waals surface area contributed by atoms with Crippen molar-refractivity contribution in [2.75, 3.05) is 6.54 Å². The second kappa shape index (κ2) is 3.52. The summed E-state index contributed by atoms with van der Waals surface area (Å²) in [4.78, 5) is 13.7. The van der Waals surface area contributed by atoms with Gasteiger partial charge in [0.2, 0.25) is 5.91 Å². The van der Waals surface area contributed by atoms with Crippen LogP contribution < -0.4 is 0 Å². The summed E-state index contributed by atoms with van der Waals surface area (Å²) in [7, 11) is 0. The van der Waals surface area contributed by atoms with Crippen LogP contribution in [0.3, 0.4) is 0 Å². The smallest absolute Gasteiger partial charge is 0.223 e. The zero-order valence-electron chi connectivity index (χ0n) is 8.04. The van der Waals surface area contributed by atoms with Crippen molar-refractivity contribution in [3.8, 4) is 0 Å². The first-order valence-electron chi connectivity index (χ1n) is 5.23. The maximum absolute atomic E-state index is 11.6. The number of nitrogens with zero attached hydrogens (tertiary/aromatic N) is 1. The molecule has 2 heteroatoms. The summed E-state index contributed by atoms with van der Waals surface area (Å²) >= 11 is 0. The van der Waals surface area contributed by atoms with Gasteiger partial charge in [0, 0.05) is 24.9 Å². The SMILES string of the molecule is C=CC1CC(=O)N(C2CCCC2)C1. The molecule has 2 aliphatic rings. The van der Waals surface area contributed by atoms with Gasteiger partial charge in [0.1, 0.15) is 0 Å². The number of carbonyl (C=O) groups excluding carboxylic acids is 1. The van der Waals surface area contributed by atoms with E-state index in [0.29, 0.717) is 24.3 Å². The van der Waals surface area contributed by atoms with Gasteiger partial charge in [0.25, 0.3) is 0 Å². The van der Waals surface area contributed by atoms with Crippen LogP contribution in [0.1, 0.15) is 32.1 Å². The molecule has 2 nitrogen and oxygen atoms in total. The van der Waals surface area contributed by atoms with Crippen LogP contribution >= 0.6 is 0 Å². The Morgan fingerprint density at radius 1 is 1.38 bits per heavy atom. The molecule has 1 atom stereocenters. The Hall–Kier alpha value is -0.790. The Morgan fingerprint density at radius 3 is 2.62 bits per heavy atom. The van der Waals surface area contributed by atoms with Gasteiger partial charge in [0.05, 0.1) is 0 Å². The summed E-state index contributed by atoms with van der Waals surface area (Å²) in [5, 5.41) is 0. The van der Waals surface area contributed by atoms with E-state index in [-0.39, 0.29) is 0 Å². The Kier molecular flexibility index (Phi) is 2.38. The summed E-state index contributed by atoms with van der Waals surface area (Å²) < 4.78 is 0. The minimum Gasteiger partial charge on any atom is -0.339 e. The topological polar surface area (TPSA) is 20.3 Å². The van der Waals surface area contributed by atoms with E-state index in [9.17, 15) is 4.79 Å². The van der Waals surface area contributed by atoms with Crippen LogP contribution in [-0.2, 0) is 4.79 Å². The predicted octanol–water partition coefficient (Wildman–Crippen LogP) is 1.96. The monoisotopic (exact) mass is 179 g/mol. The summed E-state index contributed by atoms with van der Waals surface area (Å²) in [6.07, 6.45) is 7.65. The fourth-order valence-electron chi connectivity index (χ4n) is 2.49. The molecule has 1 unspecified atom stereocenters. The van der Waals surface area contributed by atoms with Gasteiger partial charge in [-0.25, -0.2) is 0 Å². The molecule has 0 N–H and O–H groups in total. The molecule has 1 heterocycles. The lowest BCUT2D eigenvalue weighted by Gasteiger charge is -2.23. The maximum atomic E-state index is 11.6. The summed E-state index contributed by atoms with van der Waals surface area (Å²) in [6.45, 7) is 4.68. The third kappa shape index (κ3) is 1.62. The molecule has 1 saturated heterocycles. The van der Waals surface area contributed by atoms with Gasteiger partial charge in [-0.1, -0.05) is 18.9 Å². The first-order chi connectivity index (χ1) is 6.31. The van der Waals surface area contributed by atoms with Crippen molar-refractivity contribution in [1.29, 1.82) is 0 Å². The lowest BCUT2D eigenvalue weighted by atomic mass is 10.1. The number of likely N-dealkylation sites (tertiary alicyclic amines) is 1. The van der Waals surface area contributed by atoms with Gasteiger partial charge < -0.3 is 4.90 Å². The molecule has 1 amide bonds.